The van der Waals surface area contributed by atoms with Crippen LogP contribution >= 0.6 is 0 Å². The molecule has 0 aliphatic rings. The van der Waals surface area contributed by atoms with Crippen molar-refractivity contribution in [2.45, 2.75) is 5.60 Å². The van der Waals surface area contributed by atoms with Gasteiger partial charge in [-0.05, 0) is 48.5 Å². The largest absolute Gasteiger partial charge is 0.478 e. The van der Waals surface area contributed by atoms with Crippen molar-refractivity contribution in [1.29, 1.82) is 0 Å². The first kappa shape index (κ1) is 20.2. The standard InChI is InChI=1S/C24H18FNO5/c1-26-23(29)24(18-3-2-4-19(25)14-18,17-7-5-15(6-8-17)22(27)28)31-20-9-10-21-16(13-20)11-12-30-21/h2-14H,1H3,(H,26,29)(H,27,28). The summed E-state index contributed by atoms with van der Waals surface area (Å²) in [6, 6.07) is 18.1. The molecule has 0 fully saturated rings. The van der Waals surface area contributed by atoms with E-state index >= 15 is 0 Å². The van der Waals surface area contributed by atoms with Gasteiger partial charge in [-0.15, -0.1) is 0 Å². The molecule has 0 saturated carbocycles. The quantitative estimate of drug-likeness (QED) is 0.485. The van der Waals surface area contributed by atoms with Crippen LogP contribution in [0.1, 0.15) is 21.5 Å². The molecular formula is C24H18FNO5. The fraction of sp³-hybridized carbons (Fsp3) is 0.0833. The minimum atomic E-state index is -1.77. The summed E-state index contributed by atoms with van der Waals surface area (Å²) in [5.41, 5.74) is -0.481. The van der Waals surface area contributed by atoms with Crippen LogP contribution in [0, 0.1) is 5.82 Å². The maximum atomic E-state index is 14.2. The molecule has 0 aliphatic heterocycles. The summed E-state index contributed by atoms with van der Waals surface area (Å²) >= 11 is 0. The second kappa shape index (κ2) is 7.95. The lowest BCUT2D eigenvalue weighted by atomic mass is 9.84. The topological polar surface area (TPSA) is 88.8 Å². The van der Waals surface area contributed by atoms with Gasteiger partial charge >= 0.3 is 5.97 Å². The van der Waals surface area contributed by atoms with Crippen LogP contribution in [0.3, 0.4) is 0 Å². The molecule has 1 aromatic heterocycles. The molecule has 0 saturated heterocycles. The van der Waals surface area contributed by atoms with Gasteiger partial charge in [0.2, 0.25) is 5.60 Å². The van der Waals surface area contributed by atoms with Gasteiger partial charge in [0.25, 0.3) is 5.91 Å². The third-order valence-electron chi connectivity index (χ3n) is 5.01. The molecule has 1 heterocycles. The number of aromatic carboxylic acids is 1. The summed E-state index contributed by atoms with van der Waals surface area (Å²) in [5.74, 6) is -1.84. The summed E-state index contributed by atoms with van der Waals surface area (Å²) < 4.78 is 25.8. The van der Waals surface area contributed by atoms with E-state index in [1.807, 2.05) is 0 Å². The predicted octanol–water partition coefficient (Wildman–Crippen LogP) is 4.34. The molecule has 0 radical (unpaired) electrons. The molecule has 31 heavy (non-hydrogen) atoms. The van der Waals surface area contributed by atoms with Gasteiger partial charge in [-0.1, -0.05) is 24.3 Å². The Kier molecular flexibility index (Phi) is 5.17. The summed E-state index contributed by atoms with van der Waals surface area (Å²) in [7, 11) is 1.45. The fourth-order valence-electron chi connectivity index (χ4n) is 3.51. The number of hydrogen-bond acceptors (Lipinski definition) is 4. The van der Waals surface area contributed by atoms with Crippen molar-refractivity contribution in [2.75, 3.05) is 7.05 Å². The summed E-state index contributed by atoms with van der Waals surface area (Å²) in [6.07, 6.45) is 1.54. The molecular weight excluding hydrogens is 401 g/mol. The number of furan rings is 1. The van der Waals surface area contributed by atoms with Gasteiger partial charge in [0, 0.05) is 23.6 Å². The zero-order valence-corrected chi connectivity index (χ0v) is 16.5. The van der Waals surface area contributed by atoms with Gasteiger partial charge in [-0.2, -0.15) is 0 Å². The van der Waals surface area contributed by atoms with Crippen molar-refractivity contribution in [1.82, 2.24) is 5.32 Å². The minimum Gasteiger partial charge on any atom is -0.478 e. The summed E-state index contributed by atoms with van der Waals surface area (Å²) in [6.45, 7) is 0. The number of halogens is 1. The lowest BCUT2D eigenvalue weighted by Crippen LogP contribution is -2.48. The predicted molar refractivity (Wildman–Crippen MR) is 111 cm³/mol. The average molecular weight is 419 g/mol. The Hall–Kier alpha value is -4.13. The third-order valence-corrected chi connectivity index (χ3v) is 5.01. The lowest BCUT2D eigenvalue weighted by Gasteiger charge is -2.34. The number of ether oxygens (including phenoxy) is 1. The monoisotopic (exact) mass is 419 g/mol. The van der Waals surface area contributed by atoms with Crippen LogP contribution in [0.15, 0.2) is 83.5 Å². The Morgan fingerprint density at radius 3 is 2.45 bits per heavy atom. The highest BCUT2D eigenvalue weighted by Crippen LogP contribution is 2.37. The second-order valence-electron chi connectivity index (χ2n) is 6.88. The molecule has 4 aromatic rings. The van der Waals surface area contributed by atoms with Crippen LogP contribution in [-0.2, 0) is 10.4 Å². The third kappa shape index (κ3) is 3.61. The van der Waals surface area contributed by atoms with E-state index < -0.39 is 23.3 Å². The highest BCUT2D eigenvalue weighted by atomic mass is 19.1. The first-order valence-electron chi connectivity index (χ1n) is 9.42. The van der Waals surface area contributed by atoms with E-state index in [9.17, 15) is 19.1 Å². The Bertz CT molecular complexity index is 1260. The number of likely N-dealkylation sites (N-methyl/N-ethyl adjacent to an activating group) is 1. The van der Waals surface area contributed by atoms with Crippen LogP contribution in [0.5, 0.6) is 5.75 Å². The molecule has 4 rings (SSSR count). The molecule has 0 bridgehead atoms. The number of rotatable bonds is 6. The number of nitrogens with one attached hydrogen (secondary N) is 1. The van der Waals surface area contributed by atoms with Crippen LogP contribution in [-0.4, -0.2) is 24.0 Å². The van der Waals surface area contributed by atoms with E-state index in [0.29, 0.717) is 16.9 Å². The van der Waals surface area contributed by atoms with Crippen LogP contribution in [0.2, 0.25) is 0 Å². The van der Waals surface area contributed by atoms with Gasteiger partial charge in [-0.25, -0.2) is 9.18 Å². The number of carboxylic acids is 1. The van der Waals surface area contributed by atoms with Crippen LogP contribution in [0.25, 0.3) is 11.0 Å². The maximum Gasteiger partial charge on any atom is 0.335 e. The van der Waals surface area contributed by atoms with E-state index in [1.54, 1.807) is 30.3 Å². The summed E-state index contributed by atoms with van der Waals surface area (Å²) in [4.78, 5) is 24.6. The second-order valence-corrected chi connectivity index (χ2v) is 6.88. The van der Waals surface area contributed by atoms with Gasteiger partial charge in [0.05, 0.1) is 11.8 Å². The molecule has 7 heteroatoms. The van der Waals surface area contributed by atoms with Gasteiger partial charge in [0.15, 0.2) is 0 Å². The average Bonchev–Trinajstić information content (AvgIpc) is 3.25. The van der Waals surface area contributed by atoms with Crippen molar-refractivity contribution >= 4 is 22.8 Å². The number of amides is 1. The van der Waals surface area contributed by atoms with Crippen molar-refractivity contribution < 1.29 is 28.2 Å². The van der Waals surface area contributed by atoms with Gasteiger partial charge in [-0.3, -0.25) is 4.79 Å². The van der Waals surface area contributed by atoms with Crippen LogP contribution < -0.4 is 10.1 Å². The van der Waals surface area contributed by atoms with Crippen molar-refractivity contribution in [2.24, 2.45) is 0 Å². The zero-order valence-electron chi connectivity index (χ0n) is 16.5. The number of fused-ring (bicyclic) bond motifs is 1. The van der Waals surface area contributed by atoms with E-state index in [1.165, 1.54) is 55.8 Å². The first-order chi connectivity index (χ1) is 14.9. The molecule has 1 unspecified atom stereocenters. The first-order valence-corrected chi connectivity index (χ1v) is 9.42. The van der Waals surface area contributed by atoms with E-state index in [4.69, 9.17) is 9.15 Å². The van der Waals surface area contributed by atoms with E-state index in [0.717, 1.165) is 5.39 Å². The molecule has 156 valence electrons. The normalized spacial score (nSPS) is 12.8. The molecule has 1 amide bonds. The number of carbonyl (C=O) groups excluding carboxylic acids is 1. The lowest BCUT2D eigenvalue weighted by molar-refractivity contribution is -0.133. The van der Waals surface area contributed by atoms with Crippen molar-refractivity contribution in [3.8, 4) is 5.75 Å². The summed E-state index contributed by atoms with van der Waals surface area (Å²) in [5, 5.41) is 12.6. The van der Waals surface area contributed by atoms with Crippen molar-refractivity contribution in [3.63, 3.8) is 0 Å². The molecule has 3 aromatic carbocycles. The Labute approximate surface area is 176 Å². The van der Waals surface area contributed by atoms with E-state index in [-0.39, 0.29) is 11.1 Å². The fourth-order valence-corrected chi connectivity index (χ4v) is 3.51. The number of carboxylic acid groups (broad SMARTS) is 1. The zero-order chi connectivity index (χ0) is 22.0. The number of benzene rings is 3. The number of carbonyl (C=O) groups is 2. The Balaban J connectivity index is 1.94. The molecule has 1 atom stereocenters. The van der Waals surface area contributed by atoms with E-state index in [2.05, 4.69) is 5.32 Å². The highest BCUT2D eigenvalue weighted by Gasteiger charge is 2.45. The van der Waals surface area contributed by atoms with Gasteiger partial charge in [0.1, 0.15) is 17.1 Å². The van der Waals surface area contributed by atoms with Crippen LogP contribution in [0.4, 0.5) is 4.39 Å². The van der Waals surface area contributed by atoms with Gasteiger partial charge < -0.3 is 19.6 Å². The Morgan fingerprint density at radius 1 is 1.00 bits per heavy atom. The molecule has 0 spiro atoms. The van der Waals surface area contributed by atoms with Crippen molar-refractivity contribution in [3.05, 3.63) is 102 Å². The number of hydrogen-bond donors (Lipinski definition) is 2. The molecule has 6 nitrogen and oxygen atoms in total. The minimum absolute atomic E-state index is 0.0496. The highest BCUT2D eigenvalue weighted by molar-refractivity contribution is 5.92. The Morgan fingerprint density at radius 2 is 1.77 bits per heavy atom. The maximum absolute atomic E-state index is 14.2. The smallest absolute Gasteiger partial charge is 0.335 e. The molecule has 2 N–H and O–H groups in total. The molecule has 0 aliphatic carbocycles. The SMILES string of the molecule is CNC(=O)C(Oc1ccc2occc2c1)(c1ccc(C(=O)O)cc1)c1cccc(F)c1.